The molecule has 0 atom stereocenters. The van der Waals surface area contributed by atoms with Gasteiger partial charge in [0.05, 0.1) is 0 Å². The van der Waals surface area contributed by atoms with Gasteiger partial charge in [-0.05, 0) is 77.7 Å². The number of carbonyl (C=O) groups is 2. The Bertz CT molecular complexity index is 1020. The van der Waals surface area contributed by atoms with Gasteiger partial charge in [-0.2, -0.15) is 0 Å². The van der Waals surface area contributed by atoms with Crippen LogP contribution in [0.5, 0.6) is 0 Å². The van der Waals surface area contributed by atoms with Gasteiger partial charge in [-0.15, -0.1) is 11.3 Å². The van der Waals surface area contributed by atoms with Gasteiger partial charge in [-0.25, -0.2) is 0 Å². The van der Waals surface area contributed by atoms with Gasteiger partial charge in [0.25, 0.3) is 0 Å². The molecule has 1 aromatic heterocycles. The highest BCUT2D eigenvalue weighted by Gasteiger charge is 2.13. The van der Waals surface area contributed by atoms with Crippen LogP contribution in [0.2, 0.25) is 0 Å². The maximum Gasteiger partial charge on any atom is 0.150 e. The Kier molecular flexibility index (Phi) is 5.13. The Balaban J connectivity index is 1.77. The second kappa shape index (κ2) is 8.03. The molecule has 1 heterocycles. The second-order valence-electron chi connectivity index (χ2n) is 6.28. The van der Waals surface area contributed by atoms with Gasteiger partial charge in [-0.1, -0.05) is 18.2 Å². The molecule has 0 N–H and O–H groups in total. The van der Waals surface area contributed by atoms with E-state index in [9.17, 15) is 9.59 Å². The monoisotopic (exact) mass is 383 g/mol. The maximum atomic E-state index is 11.0. The maximum absolute atomic E-state index is 11.0. The summed E-state index contributed by atoms with van der Waals surface area (Å²) < 4.78 is 0. The van der Waals surface area contributed by atoms with Crippen molar-refractivity contribution in [3.63, 3.8) is 0 Å². The van der Waals surface area contributed by atoms with Crippen molar-refractivity contribution in [2.24, 2.45) is 0 Å². The predicted molar refractivity (Wildman–Crippen MR) is 115 cm³/mol. The summed E-state index contributed by atoms with van der Waals surface area (Å²) in [5.74, 6) is 0. The van der Waals surface area contributed by atoms with Crippen LogP contribution in [0.25, 0.3) is 10.4 Å². The first-order valence-corrected chi connectivity index (χ1v) is 9.71. The molecule has 4 rings (SSSR count). The summed E-state index contributed by atoms with van der Waals surface area (Å²) in [6, 6.07) is 27.4. The highest BCUT2D eigenvalue weighted by molar-refractivity contribution is 7.13. The highest BCUT2D eigenvalue weighted by Crippen LogP contribution is 2.36. The molecule has 0 fully saturated rings. The molecule has 0 aliphatic heterocycles. The standard InChI is InChI=1S/C24H17NO2S/c26-16-18-3-9-21(10-4-18)25(22-11-5-19(17-27)6-12-22)23-13-7-20(8-14-23)24-2-1-15-28-24/h1-17H. The predicted octanol–water partition coefficient (Wildman–Crippen LogP) is 6.51. The summed E-state index contributed by atoms with van der Waals surface area (Å²) in [5.41, 5.74) is 5.31. The Morgan fingerprint density at radius 2 is 1.07 bits per heavy atom. The molecule has 0 saturated carbocycles. The normalized spacial score (nSPS) is 10.4. The molecule has 28 heavy (non-hydrogen) atoms. The molecule has 0 radical (unpaired) electrons. The summed E-state index contributed by atoms with van der Waals surface area (Å²) in [6.45, 7) is 0. The number of anilines is 3. The largest absolute Gasteiger partial charge is 0.311 e. The number of hydrogen-bond acceptors (Lipinski definition) is 4. The molecule has 0 spiro atoms. The van der Waals surface area contributed by atoms with Gasteiger partial charge < -0.3 is 4.90 Å². The zero-order valence-corrected chi connectivity index (χ0v) is 15.8. The second-order valence-corrected chi connectivity index (χ2v) is 7.23. The first-order valence-electron chi connectivity index (χ1n) is 8.83. The third-order valence-electron chi connectivity index (χ3n) is 4.51. The van der Waals surface area contributed by atoms with Gasteiger partial charge in [0.2, 0.25) is 0 Å². The van der Waals surface area contributed by atoms with E-state index in [0.29, 0.717) is 11.1 Å². The van der Waals surface area contributed by atoms with Crippen LogP contribution in [0.15, 0.2) is 90.3 Å². The average molecular weight is 383 g/mol. The molecule has 4 aromatic rings. The van der Waals surface area contributed by atoms with Crippen LogP contribution in [0.1, 0.15) is 20.7 Å². The van der Waals surface area contributed by atoms with Crippen molar-refractivity contribution in [2.75, 3.05) is 4.90 Å². The van der Waals surface area contributed by atoms with E-state index in [0.717, 1.165) is 29.6 Å². The first-order chi connectivity index (χ1) is 13.8. The van der Waals surface area contributed by atoms with E-state index in [-0.39, 0.29) is 0 Å². The molecule has 136 valence electrons. The van der Waals surface area contributed by atoms with Crippen LogP contribution < -0.4 is 4.90 Å². The summed E-state index contributed by atoms with van der Waals surface area (Å²) in [5, 5.41) is 2.07. The molecule has 0 aliphatic rings. The molecule has 3 aromatic carbocycles. The number of thiophene rings is 1. The van der Waals surface area contributed by atoms with Crippen LogP contribution in [0.3, 0.4) is 0 Å². The molecule has 0 aliphatic carbocycles. The Morgan fingerprint density at radius 3 is 1.46 bits per heavy atom. The van der Waals surface area contributed by atoms with Crippen LogP contribution in [-0.2, 0) is 0 Å². The Labute approximate surface area is 167 Å². The van der Waals surface area contributed by atoms with E-state index in [1.54, 1.807) is 35.6 Å². The van der Waals surface area contributed by atoms with E-state index in [1.807, 2.05) is 30.3 Å². The molecule has 0 unspecified atom stereocenters. The molecular weight excluding hydrogens is 366 g/mol. The topological polar surface area (TPSA) is 37.4 Å². The van der Waals surface area contributed by atoms with E-state index >= 15 is 0 Å². The fraction of sp³-hybridized carbons (Fsp3) is 0. The van der Waals surface area contributed by atoms with Gasteiger partial charge in [0.1, 0.15) is 12.6 Å². The quantitative estimate of drug-likeness (QED) is 0.356. The lowest BCUT2D eigenvalue weighted by Crippen LogP contribution is -2.10. The van der Waals surface area contributed by atoms with E-state index < -0.39 is 0 Å². The number of hydrogen-bond donors (Lipinski definition) is 0. The third-order valence-corrected chi connectivity index (χ3v) is 5.42. The van der Waals surface area contributed by atoms with Crippen LogP contribution in [0.4, 0.5) is 17.1 Å². The number of rotatable bonds is 6. The van der Waals surface area contributed by atoms with Gasteiger partial charge in [-0.3, -0.25) is 9.59 Å². The SMILES string of the molecule is O=Cc1ccc(N(c2ccc(C=O)cc2)c2ccc(-c3cccs3)cc2)cc1. The fourth-order valence-corrected chi connectivity index (χ4v) is 3.80. The summed E-state index contributed by atoms with van der Waals surface area (Å²) in [4.78, 5) is 25.3. The summed E-state index contributed by atoms with van der Waals surface area (Å²) in [7, 11) is 0. The van der Waals surface area contributed by atoms with Crippen molar-refractivity contribution in [3.8, 4) is 10.4 Å². The molecule has 0 amide bonds. The zero-order chi connectivity index (χ0) is 19.3. The minimum Gasteiger partial charge on any atom is -0.311 e. The minimum absolute atomic E-state index is 0.632. The van der Waals surface area contributed by atoms with Crippen molar-refractivity contribution in [3.05, 3.63) is 101 Å². The molecule has 0 saturated heterocycles. The lowest BCUT2D eigenvalue weighted by molar-refractivity contribution is 0.111. The smallest absolute Gasteiger partial charge is 0.150 e. The first kappa shape index (κ1) is 17.9. The minimum atomic E-state index is 0.632. The summed E-state index contributed by atoms with van der Waals surface area (Å²) in [6.07, 6.45) is 1.67. The van der Waals surface area contributed by atoms with Crippen molar-refractivity contribution in [1.29, 1.82) is 0 Å². The Hall–Kier alpha value is -3.50. The van der Waals surface area contributed by atoms with Crippen molar-refractivity contribution >= 4 is 41.0 Å². The van der Waals surface area contributed by atoms with Gasteiger partial charge in [0.15, 0.2) is 0 Å². The van der Waals surface area contributed by atoms with Crippen molar-refractivity contribution < 1.29 is 9.59 Å². The van der Waals surface area contributed by atoms with E-state index in [4.69, 9.17) is 0 Å². The number of carbonyl (C=O) groups excluding carboxylic acids is 2. The lowest BCUT2D eigenvalue weighted by Gasteiger charge is -2.25. The van der Waals surface area contributed by atoms with Crippen LogP contribution in [0, 0.1) is 0 Å². The van der Waals surface area contributed by atoms with Crippen molar-refractivity contribution in [2.45, 2.75) is 0 Å². The third kappa shape index (κ3) is 3.63. The highest BCUT2D eigenvalue weighted by atomic mass is 32.1. The molecule has 0 bridgehead atoms. The molecule has 3 nitrogen and oxygen atoms in total. The van der Waals surface area contributed by atoms with Gasteiger partial charge in [0, 0.05) is 33.1 Å². The number of benzene rings is 3. The fourth-order valence-electron chi connectivity index (χ4n) is 3.07. The number of nitrogens with zero attached hydrogens (tertiary/aromatic N) is 1. The number of aldehydes is 2. The molecule has 4 heteroatoms. The zero-order valence-electron chi connectivity index (χ0n) is 15.0. The van der Waals surface area contributed by atoms with Crippen LogP contribution in [-0.4, -0.2) is 12.6 Å². The Morgan fingerprint density at radius 1 is 0.607 bits per heavy atom. The van der Waals surface area contributed by atoms with Crippen molar-refractivity contribution in [1.82, 2.24) is 0 Å². The van der Waals surface area contributed by atoms with E-state index in [1.165, 1.54) is 10.4 Å². The average Bonchev–Trinajstić information content (AvgIpc) is 3.30. The van der Waals surface area contributed by atoms with Crippen LogP contribution >= 0.6 is 11.3 Å². The molecular formula is C24H17NO2S. The lowest BCUT2D eigenvalue weighted by atomic mass is 10.1. The van der Waals surface area contributed by atoms with Gasteiger partial charge >= 0.3 is 0 Å². The summed E-state index contributed by atoms with van der Waals surface area (Å²) >= 11 is 1.71. The van der Waals surface area contributed by atoms with E-state index in [2.05, 4.69) is 40.6 Å².